The van der Waals surface area contributed by atoms with E-state index in [2.05, 4.69) is 15.9 Å². The molecule has 3 N–H and O–H groups in total. The molecule has 14 heavy (non-hydrogen) atoms. The van der Waals surface area contributed by atoms with E-state index in [0.717, 1.165) is 4.47 Å². The number of hydrogen-bond acceptors (Lipinski definition) is 2. The Kier molecular flexibility index (Phi) is 3.92. The number of aliphatic carboxylic acids is 1. The Hall–Kier alpha value is -0.580. The molecule has 1 rings (SSSR count). The van der Waals surface area contributed by atoms with Gasteiger partial charge in [-0.25, -0.2) is 0 Å². The summed E-state index contributed by atoms with van der Waals surface area (Å²) in [6.07, 6.45) is -0.129. The fraction of sp³-hybridized carbons (Fsp3) is 0.222. The van der Waals surface area contributed by atoms with Crippen LogP contribution in [-0.2, 0) is 4.79 Å². The number of halogens is 2. The fourth-order valence-corrected chi connectivity index (χ4v) is 1.75. The molecule has 0 radical (unpaired) electrons. The summed E-state index contributed by atoms with van der Waals surface area (Å²) in [6.45, 7) is 0. The van der Waals surface area contributed by atoms with Crippen LogP contribution in [0.25, 0.3) is 0 Å². The van der Waals surface area contributed by atoms with E-state index in [1.54, 1.807) is 18.2 Å². The van der Waals surface area contributed by atoms with Crippen molar-refractivity contribution < 1.29 is 9.90 Å². The van der Waals surface area contributed by atoms with Crippen LogP contribution in [0.2, 0.25) is 5.02 Å². The summed E-state index contributed by atoms with van der Waals surface area (Å²) in [5.41, 5.74) is 6.32. The van der Waals surface area contributed by atoms with E-state index in [9.17, 15) is 4.79 Å². The summed E-state index contributed by atoms with van der Waals surface area (Å²) in [6, 6.07) is 4.70. The minimum atomic E-state index is -0.937. The van der Waals surface area contributed by atoms with Crippen molar-refractivity contribution in [3.05, 3.63) is 33.3 Å². The lowest BCUT2D eigenvalue weighted by Gasteiger charge is -2.11. The highest BCUT2D eigenvalue weighted by Gasteiger charge is 2.14. The highest BCUT2D eigenvalue weighted by Crippen LogP contribution is 2.30. The van der Waals surface area contributed by atoms with Gasteiger partial charge >= 0.3 is 5.97 Å². The number of benzene rings is 1. The van der Waals surface area contributed by atoms with E-state index in [0.29, 0.717) is 10.6 Å². The van der Waals surface area contributed by atoms with Crippen LogP contribution < -0.4 is 5.73 Å². The minimum absolute atomic E-state index is 0.129. The standard InChI is InChI=1S/C9H9BrClNO2/c10-6-3-1-2-5(9(6)11)7(12)4-8(13)14/h1-3,7H,4,12H2,(H,13,14)/t7-/m1/s1. The van der Waals surface area contributed by atoms with E-state index in [-0.39, 0.29) is 6.42 Å². The predicted molar refractivity (Wildman–Crippen MR) is 58.3 cm³/mol. The van der Waals surface area contributed by atoms with Crippen LogP contribution in [0.4, 0.5) is 0 Å². The van der Waals surface area contributed by atoms with Crippen molar-refractivity contribution in [2.45, 2.75) is 12.5 Å². The van der Waals surface area contributed by atoms with Gasteiger partial charge in [0.15, 0.2) is 0 Å². The fourth-order valence-electron chi connectivity index (χ4n) is 1.10. The van der Waals surface area contributed by atoms with E-state index in [1.807, 2.05) is 0 Å². The molecule has 0 bridgehead atoms. The molecule has 0 amide bonds. The Morgan fingerprint density at radius 2 is 2.29 bits per heavy atom. The number of carboxylic acids is 1. The van der Waals surface area contributed by atoms with Crippen LogP contribution in [-0.4, -0.2) is 11.1 Å². The summed E-state index contributed by atoms with van der Waals surface area (Å²) >= 11 is 9.20. The molecule has 0 aromatic heterocycles. The van der Waals surface area contributed by atoms with Crippen molar-refractivity contribution in [2.75, 3.05) is 0 Å². The molecule has 0 unspecified atom stereocenters. The normalized spacial score (nSPS) is 12.5. The summed E-state index contributed by atoms with van der Waals surface area (Å²) in [5.74, 6) is -0.937. The highest BCUT2D eigenvalue weighted by molar-refractivity contribution is 9.10. The van der Waals surface area contributed by atoms with Crippen LogP contribution in [0.3, 0.4) is 0 Å². The van der Waals surface area contributed by atoms with Gasteiger partial charge in [-0.1, -0.05) is 23.7 Å². The number of carbonyl (C=O) groups is 1. The molecule has 1 atom stereocenters. The molecule has 76 valence electrons. The molecule has 0 aliphatic heterocycles. The van der Waals surface area contributed by atoms with E-state index < -0.39 is 12.0 Å². The molecule has 3 nitrogen and oxygen atoms in total. The lowest BCUT2D eigenvalue weighted by atomic mass is 10.1. The van der Waals surface area contributed by atoms with Crippen molar-refractivity contribution in [3.8, 4) is 0 Å². The zero-order chi connectivity index (χ0) is 10.7. The van der Waals surface area contributed by atoms with Crippen LogP contribution in [0.1, 0.15) is 18.0 Å². The highest BCUT2D eigenvalue weighted by atomic mass is 79.9. The van der Waals surface area contributed by atoms with Crippen molar-refractivity contribution >= 4 is 33.5 Å². The second-order valence-electron chi connectivity index (χ2n) is 2.85. The number of rotatable bonds is 3. The van der Waals surface area contributed by atoms with Crippen LogP contribution >= 0.6 is 27.5 Å². The molecule has 5 heteroatoms. The van der Waals surface area contributed by atoms with Crippen LogP contribution in [0, 0.1) is 0 Å². The molecule has 0 spiro atoms. The lowest BCUT2D eigenvalue weighted by Crippen LogP contribution is -2.15. The third-order valence-electron chi connectivity index (χ3n) is 1.78. The van der Waals surface area contributed by atoms with Crippen molar-refractivity contribution in [1.82, 2.24) is 0 Å². The number of nitrogens with two attached hydrogens (primary N) is 1. The number of carboxylic acid groups (broad SMARTS) is 1. The van der Waals surface area contributed by atoms with Gasteiger partial charge in [0.2, 0.25) is 0 Å². The Labute approximate surface area is 95.0 Å². The van der Waals surface area contributed by atoms with E-state index in [1.165, 1.54) is 0 Å². The quantitative estimate of drug-likeness (QED) is 0.893. The molecule has 0 heterocycles. The first kappa shape index (κ1) is 11.5. The van der Waals surface area contributed by atoms with Gasteiger partial charge in [0.05, 0.1) is 11.4 Å². The van der Waals surface area contributed by atoms with Crippen LogP contribution in [0.15, 0.2) is 22.7 Å². The van der Waals surface area contributed by atoms with Crippen molar-refractivity contribution in [3.63, 3.8) is 0 Å². The first-order valence-corrected chi connectivity index (χ1v) is 5.10. The second-order valence-corrected chi connectivity index (χ2v) is 4.08. The van der Waals surface area contributed by atoms with Gasteiger partial charge in [0.25, 0.3) is 0 Å². The summed E-state index contributed by atoms with van der Waals surface area (Å²) in [5, 5.41) is 9.04. The SMILES string of the molecule is N[C@H](CC(=O)O)c1cccc(Br)c1Cl. The van der Waals surface area contributed by atoms with Gasteiger partial charge in [-0.05, 0) is 27.6 Å². The molecular weight excluding hydrogens is 269 g/mol. The molecule has 0 saturated heterocycles. The molecular formula is C9H9BrClNO2. The van der Waals surface area contributed by atoms with Gasteiger partial charge in [-0.2, -0.15) is 0 Å². The zero-order valence-corrected chi connectivity index (χ0v) is 9.55. The van der Waals surface area contributed by atoms with Crippen molar-refractivity contribution in [2.24, 2.45) is 5.73 Å². The predicted octanol–water partition coefficient (Wildman–Crippen LogP) is 2.58. The summed E-state index contributed by atoms with van der Waals surface area (Å²) in [4.78, 5) is 10.4. The van der Waals surface area contributed by atoms with E-state index >= 15 is 0 Å². The summed E-state index contributed by atoms with van der Waals surface area (Å²) < 4.78 is 0.720. The van der Waals surface area contributed by atoms with Gasteiger partial charge in [-0.3, -0.25) is 4.79 Å². The third kappa shape index (κ3) is 2.70. The largest absolute Gasteiger partial charge is 0.481 e. The molecule has 0 aliphatic rings. The molecule has 0 saturated carbocycles. The Balaban J connectivity index is 2.95. The van der Waals surface area contributed by atoms with Gasteiger partial charge in [0.1, 0.15) is 0 Å². The van der Waals surface area contributed by atoms with Crippen LogP contribution in [0.5, 0.6) is 0 Å². The first-order valence-electron chi connectivity index (χ1n) is 3.93. The minimum Gasteiger partial charge on any atom is -0.481 e. The Morgan fingerprint density at radius 3 is 2.86 bits per heavy atom. The van der Waals surface area contributed by atoms with Gasteiger partial charge in [0, 0.05) is 10.5 Å². The summed E-state index contributed by atoms with van der Waals surface area (Å²) in [7, 11) is 0. The topological polar surface area (TPSA) is 63.3 Å². The molecule has 0 fully saturated rings. The Bertz CT molecular complexity index is 357. The average Bonchev–Trinajstić information content (AvgIpc) is 2.08. The molecule has 1 aromatic carbocycles. The monoisotopic (exact) mass is 277 g/mol. The Morgan fingerprint density at radius 1 is 1.64 bits per heavy atom. The molecule has 0 aliphatic carbocycles. The first-order chi connectivity index (χ1) is 6.52. The smallest absolute Gasteiger partial charge is 0.305 e. The maximum absolute atomic E-state index is 10.4. The molecule has 1 aromatic rings. The van der Waals surface area contributed by atoms with Crippen molar-refractivity contribution in [1.29, 1.82) is 0 Å². The van der Waals surface area contributed by atoms with Gasteiger partial charge in [-0.15, -0.1) is 0 Å². The average molecular weight is 279 g/mol. The second kappa shape index (κ2) is 4.77. The maximum atomic E-state index is 10.4. The van der Waals surface area contributed by atoms with E-state index in [4.69, 9.17) is 22.4 Å². The zero-order valence-electron chi connectivity index (χ0n) is 7.21. The lowest BCUT2D eigenvalue weighted by molar-refractivity contribution is -0.137. The number of hydrogen-bond donors (Lipinski definition) is 2. The van der Waals surface area contributed by atoms with Gasteiger partial charge < -0.3 is 10.8 Å². The maximum Gasteiger partial charge on any atom is 0.305 e. The third-order valence-corrected chi connectivity index (χ3v) is 3.09.